The number of hydrogen-bond donors (Lipinski definition) is 0. The average molecular weight is 267 g/mol. The summed E-state index contributed by atoms with van der Waals surface area (Å²) in [6.07, 6.45) is 1.67. The Hall–Kier alpha value is -1.36. The molecule has 0 spiro atoms. The number of likely N-dealkylation sites (tertiary alicyclic amines) is 1. The Morgan fingerprint density at radius 3 is 3.06 bits per heavy atom. The van der Waals surface area contributed by atoms with E-state index in [4.69, 9.17) is 4.74 Å². The number of esters is 1. The summed E-state index contributed by atoms with van der Waals surface area (Å²) in [7, 11) is 0. The third-order valence-corrected chi connectivity index (χ3v) is 3.92. The molecule has 0 N–H and O–H groups in total. The van der Waals surface area contributed by atoms with Crippen LogP contribution in [0.1, 0.15) is 29.4 Å². The van der Waals surface area contributed by atoms with Crippen molar-refractivity contribution >= 4 is 23.2 Å². The molecule has 2 heterocycles. The lowest BCUT2D eigenvalue weighted by Gasteiger charge is -2.31. The topological polar surface area (TPSA) is 46.6 Å². The second-order valence-corrected chi connectivity index (χ2v) is 5.27. The number of ether oxygens (including phenoxy) is 1. The summed E-state index contributed by atoms with van der Waals surface area (Å²) in [6, 6.07) is 3.69. The zero-order chi connectivity index (χ0) is 13.0. The number of piperidine rings is 1. The zero-order valence-electron chi connectivity index (χ0n) is 10.4. The molecule has 2 rings (SSSR count). The molecule has 0 aromatic carbocycles. The second-order valence-electron chi connectivity index (χ2n) is 4.32. The summed E-state index contributed by atoms with van der Waals surface area (Å²) in [5, 5.41) is 1.89. The van der Waals surface area contributed by atoms with Crippen molar-refractivity contribution < 1.29 is 14.3 Å². The largest absolute Gasteiger partial charge is 0.466 e. The van der Waals surface area contributed by atoms with Gasteiger partial charge in [-0.3, -0.25) is 9.59 Å². The van der Waals surface area contributed by atoms with Crippen molar-refractivity contribution in [2.24, 2.45) is 5.92 Å². The van der Waals surface area contributed by atoms with E-state index in [1.54, 1.807) is 11.8 Å². The van der Waals surface area contributed by atoms with Crippen LogP contribution in [0.5, 0.6) is 0 Å². The van der Waals surface area contributed by atoms with Crippen molar-refractivity contribution in [3.05, 3.63) is 22.4 Å². The third kappa shape index (κ3) is 2.90. The number of hydrogen-bond acceptors (Lipinski definition) is 4. The highest BCUT2D eigenvalue weighted by Gasteiger charge is 2.29. The molecule has 98 valence electrons. The molecule has 1 amide bonds. The first-order valence-corrected chi connectivity index (χ1v) is 7.09. The maximum absolute atomic E-state index is 12.2. The molecule has 5 heteroatoms. The lowest BCUT2D eigenvalue weighted by Crippen LogP contribution is -2.42. The van der Waals surface area contributed by atoms with Gasteiger partial charge < -0.3 is 9.64 Å². The normalized spacial score (nSPS) is 19.6. The van der Waals surface area contributed by atoms with Gasteiger partial charge >= 0.3 is 5.97 Å². The maximum Gasteiger partial charge on any atom is 0.310 e. The minimum absolute atomic E-state index is 0.0269. The Morgan fingerprint density at radius 1 is 1.56 bits per heavy atom. The minimum Gasteiger partial charge on any atom is -0.466 e. The van der Waals surface area contributed by atoms with Crippen molar-refractivity contribution in [3.8, 4) is 0 Å². The number of carbonyl (C=O) groups excluding carboxylic acids is 2. The predicted octanol–water partition coefficient (Wildman–Crippen LogP) is 2.16. The van der Waals surface area contributed by atoms with Crippen LogP contribution in [-0.2, 0) is 9.53 Å². The summed E-state index contributed by atoms with van der Waals surface area (Å²) in [5.41, 5.74) is 0. The Morgan fingerprint density at radius 2 is 2.39 bits per heavy atom. The minimum atomic E-state index is -0.179. The Kier molecular flexibility index (Phi) is 4.36. The predicted molar refractivity (Wildman–Crippen MR) is 69.6 cm³/mol. The first kappa shape index (κ1) is 13.1. The fourth-order valence-corrected chi connectivity index (χ4v) is 2.86. The molecule has 0 bridgehead atoms. The number of nitrogens with zero attached hydrogens (tertiary/aromatic N) is 1. The van der Waals surface area contributed by atoms with Gasteiger partial charge in [0.2, 0.25) is 0 Å². The first-order chi connectivity index (χ1) is 8.72. The highest BCUT2D eigenvalue weighted by Crippen LogP contribution is 2.21. The van der Waals surface area contributed by atoms with Gasteiger partial charge in [-0.15, -0.1) is 11.3 Å². The first-order valence-electron chi connectivity index (χ1n) is 6.21. The fraction of sp³-hybridized carbons (Fsp3) is 0.538. The molecule has 1 fully saturated rings. The highest BCUT2D eigenvalue weighted by molar-refractivity contribution is 7.12. The van der Waals surface area contributed by atoms with Crippen molar-refractivity contribution in [1.82, 2.24) is 4.90 Å². The van der Waals surface area contributed by atoms with Crippen LogP contribution < -0.4 is 0 Å². The van der Waals surface area contributed by atoms with Crippen LogP contribution in [0.3, 0.4) is 0 Å². The standard InChI is InChI=1S/C13H17NO3S/c1-2-17-13(16)10-5-3-7-14(9-10)12(15)11-6-4-8-18-11/h4,6,8,10H,2-3,5,7,9H2,1H3/t10-/m0/s1. The molecular weight excluding hydrogens is 250 g/mol. The lowest BCUT2D eigenvalue weighted by atomic mass is 9.98. The van der Waals surface area contributed by atoms with Crippen LogP contribution in [0.4, 0.5) is 0 Å². The molecule has 4 nitrogen and oxygen atoms in total. The number of carbonyl (C=O) groups is 2. The Balaban J connectivity index is 1.98. The zero-order valence-corrected chi connectivity index (χ0v) is 11.2. The van der Waals surface area contributed by atoms with E-state index in [1.165, 1.54) is 11.3 Å². The molecule has 18 heavy (non-hydrogen) atoms. The van der Waals surface area contributed by atoms with Gasteiger partial charge in [-0.25, -0.2) is 0 Å². The van der Waals surface area contributed by atoms with Gasteiger partial charge in [0.25, 0.3) is 5.91 Å². The highest BCUT2D eigenvalue weighted by atomic mass is 32.1. The van der Waals surface area contributed by atoms with Crippen LogP contribution in [-0.4, -0.2) is 36.5 Å². The van der Waals surface area contributed by atoms with Gasteiger partial charge in [-0.2, -0.15) is 0 Å². The van der Waals surface area contributed by atoms with Crippen LogP contribution in [0, 0.1) is 5.92 Å². The molecule has 1 aliphatic heterocycles. The number of amides is 1. The van der Waals surface area contributed by atoms with Gasteiger partial charge in [-0.05, 0) is 31.2 Å². The van der Waals surface area contributed by atoms with E-state index in [1.807, 2.05) is 17.5 Å². The summed E-state index contributed by atoms with van der Waals surface area (Å²) in [4.78, 5) is 26.4. The lowest BCUT2D eigenvalue weighted by molar-refractivity contribution is -0.149. The molecule has 0 aliphatic carbocycles. The summed E-state index contributed by atoms with van der Waals surface area (Å²) in [5.74, 6) is -0.317. The molecule has 1 aliphatic rings. The van der Waals surface area contributed by atoms with Gasteiger partial charge in [0, 0.05) is 13.1 Å². The van der Waals surface area contributed by atoms with Gasteiger partial charge in [0.1, 0.15) is 0 Å². The molecule has 0 radical (unpaired) electrons. The quantitative estimate of drug-likeness (QED) is 0.788. The Labute approximate surface area is 111 Å². The summed E-state index contributed by atoms with van der Waals surface area (Å²) < 4.78 is 5.03. The van der Waals surface area contributed by atoms with E-state index >= 15 is 0 Å². The molecule has 1 aromatic heterocycles. The van der Waals surface area contributed by atoms with Crippen LogP contribution >= 0.6 is 11.3 Å². The van der Waals surface area contributed by atoms with Crippen molar-refractivity contribution in [2.75, 3.05) is 19.7 Å². The monoisotopic (exact) mass is 267 g/mol. The molecule has 1 saturated heterocycles. The molecular formula is C13H17NO3S. The van der Waals surface area contributed by atoms with E-state index in [0.29, 0.717) is 13.2 Å². The van der Waals surface area contributed by atoms with E-state index in [-0.39, 0.29) is 17.8 Å². The van der Waals surface area contributed by atoms with Gasteiger partial charge in [0.05, 0.1) is 17.4 Å². The summed E-state index contributed by atoms with van der Waals surface area (Å²) >= 11 is 1.44. The third-order valence-electron chi connectivity index (χ3n) is 3.06. The maximum atomic E-state index is 12.2. The van der Waals surface area contributed by atoms with E-state index < -0.39 is 0 Å². The van der Waals surface area contributed by atoms with E-state index in [0.717, 1.165) is 24.3 Å². The van der Waals surface area contributed by atoms with Gasteiger partial charge in [-0.1, -0.05) is 6.07 Å². The molecule has 1 atom stereocenters. The van der Waals surface area contributed by atoms with Crippen molar-refractivity contribution in [3.63, 3.8) is 0 Å². The van der Waals surface area contributed by atoms with Crippen molar-refractivity contribution in [1.29, 1.82) is 0 Å². The van der Waals surface area contributed by atoms with E-state index in [2.05, 4.69) is 0 Å². The molecule has 0 saturated carbocycles. The fourth-order valence-electron chi connectivity index (χ4n) is 2.17. The average Bonchev–Trinajstić information content (AvgIpc) is 2.92. The smallest absolute Gasteiger partial charge is 0.310 e. The van der Waals surface area contributed by atoms with Crippen LogP contribution in [0.25, 0.3) is 0 Å². The van der Waals surface area contributed by atoms with Gasteiger partial charge in [0.15, 0.2) is 0 Å². The number of rotatable bonds is 3. The van der Waals surface area contributed by atoms with Crippen molar-refractivity contribution in [2.45, 2.75) is 19.8 Å². The van der Waals surface area contributed by atoms with Crippen LogP contribution in [0.15, 0.2) is 17.5 Å². The van der Waals surface area contributed by atoms with Crippen LogP contribution in [0.2, 0.25) is 0 Å². The SMILES string of the molecule is CCOC(=O)[C@H]1CCCN(C(=O)c2cccs2)C1. The molecule has 0 unspecified atom stereocenters. The second kappa shape index (κ2) is 6.00. The molecule has 1 aromatic rings. The van der Waals surface area contributed by atoms with E-state index in [9.17, 15) is 9.59 Å². The number of thiophene rings is 1. The Bertz CT molecular complexity index is 416. The summed E-state index contributed by atoms with van der Waals surface area (Å²) in [6.45, 7) is 3.41.